The zero-order chi connectivity index (χ0) is 20.3. The molecule has 1 N–H and O–H groups in total. The summed E-state index contributed by atoms with van der Waals surface area (Å²) in [7, 11) is 0. The Morgan fingerprint density at radius 3 is 2.70 bits per heavy atom. The molecule has 10 heteroatoms. The van der Waals surface area contributed by atoms with Gasteiger partial charge in [-0.05, 0) is 47.5 Å². The molecule has 2 heterocycles. The van der Waals surface area contributed by atoms with Crippen LogP contribution in [0, 0.1) is 0 Å². The van der Waals surface area contributed by atoms with Crippen molar-refractivity contribution >= 4 is 34.1 Å². The topological polar surface area (TPSA) is 98.5 Å². The van der Waals surface area contributed by atoms with Crippen LogP contribution in [0.2, 0.25) is 0 Å². The molecule has 150 valence electrons. The molecule has 0 unspecified atom stereocenters. The van der Waals surface area contributed by atoms with E-state index in [2.05, 4.69) is 31.0 Å². The lowest BCUT2D eigenvalue weighted by Gasteiger charge is -2.08. The number of rotatable bonds is 7. The van der Waals surface area contributed by atoms with Crippen LogP contribution >= 0.6 is 23.1 Å². The highest BCUT2D eigenvalue weighted by Gasteiger charge is 2.28. The maximum absolute atomic E-state index is 12.8. The Hall–Kier alpha value is -3.11. The summed E-state index contributed by atoms with van der Waals surface area (Å²) < 4.78 is 1.70. The molecule has 0 atom stereocenters. The fourth-order valence-corrected chi connectivity index (χ4v) is 4.80. The van der Waals surface area contributed by atoms with Gasteiger partial charge in [0.25, 0.3) is 5.91 Å². The van der Waals surface area contributed by atoms with Crippen molar-refractivity contribution in [2.45, 2.75) is 29.4 Å². The van der Waals surface area contributed by atoms with E-state index in [-0.39, 0.29) is 5.91 Å². The predicted octanol–water partition coefficient (Wildman–Crippen LogP) is 3.94. The van der Waals surface area contributed by atoms with Crippen molar-refractivity contribution in [3.05, 3.63) is 71.0 Å². The van der Waals surface area contributed by atoms with Gasteiger partial charge in [-0.3, -0.25) is 10.1 Å². The highest BCUT2D eigenvalue weighted by atomic mass is 32.2. The van der Waals surface area contributed by atoms with Crippen LogP contribution in [0.15, 0.2) is 59.5 Å². The maximum atomic E-state index is 12.8. The molecule has 1 amide bonds. The van der Waals surface area contributed by atoms with Gasteiger partial charge in [-0.15, -0.1) is 27.1 Å². The van der Waals surface area contributed by atoms with Crippen molar-refractivity contribution in [2.24, 2.45) is 0 Å². The normalized spacial score (nSPS) is 13.3. The van der Waals surface area contributed by atoms with Crippen molar-refractivity contribution < 1.29 is 4.79 Å². The van der Waals surface area contributed by atoms with Gasteiger partial charge in [0.1, 0.15) is 5.01 Å². The molecule has 0 bridgehead atoms. The molecule has 30 heavy (non-hydrogen) atoms. The third-order valence-electron chi connectivity index (χ3n) is 4.61. The van der Waals surface area contributed by atoms with Gasteiger partial charge in [0, 0.05) is 10.8 Å². The molecule has 1 fully saturated rings. The average molecular weight is 436 g/mol. The molecule has 1 saturated carbocycles. The molecule has 0 saturated heterocycles. The van der Waals surface area contributed by atoms with E-state index in [1.165, 1.54) is 23.1 Å². The first kappa shape index (κ1) is 18.9. The summed E-state index contributed by atoms with van der Waals surface area (Å²) in [6.07, 6.45) is 2.31. The Kier molecular flexibility index (Phi) is 5.24. The molecular weight excluding hydrogens is 418 g/mol. The minimum absolute atomic E-state index is 0.195. The van der Waals surface area contributed by atoms with E-state index in [1.54, 1.807) is 10.7 Å². The van der Waals surface area contributed by atoms with Crippen LogP contribution in [-0.4, -0.2) is 36.3 Å². The molecule has 1 aliphatic carbocycles. The number of hydrogen-bond donors (Lipinski definition) is 1. The molecule has 0 spiro atoms. The van der Waals surface area contributed by atoms with Gasteiger partial charge in [-0.1, -0.05) is 41.7 Å². The summed E-state index contributed by atoms with van der Waals surface area (Å²) in [6, 6.07) is 17.2. The fourth-order valence-electron chi connectivity index (χ4n) is 2.93. The number of nitrogens with zero attached hydrogens (tertiary/aromatic N) is 6. The van der Waals surface area contributed by atoms with E-state index in [1.807, 2.05) is 48.5 Å². The first-order valence-corrected chi connectivity index (χ1v) is 11.3. The Labute approximate surface area is 180 Å². The summed E-state index contributed by atoms with van der Waals surface area (Å²) in [5, 5.41) is 24.7. The smallest absolute Gasteiger partial charge is 0.258 e. The molecule has 0 radical (unpaired) electrons. The van der Waals surface area contributed by atoms with E-state index >= 15 is 0 Å². The van der Waals surface area contributed by atoms with Crippen LogP contribution in [0.1, 0.15) is 39.9 Å². The first-order chi connectivity index (χ1) is 14.8. The van der Waals surface area contributed by atoms with Gasteiger partial charge in [0.05, 0.1) is 17.0 Å². The molecular formula is C20H17N7OS2. The third-order valence-corrected chi connectivity index (χ3v) is 6.68. The van der Waals surface area contributed by atoms with E-state index in [0.29, 0.717) is 28.2 Å². The average Bonchev–Trinajstić information content (AvgIpc) is 3.35. The number of nitrogens with one attached hydrogen (secondary N) is 1. The van der Waals surface area contributed by atoms with Gasteiger partial charge >= 0.3 is 0 Å². The van der Waals surface area contributed by atoms with Gasteiger partial charge in [0.2, 0.25) is 5.13 Å². The number of carbonyl (C=O) groups is 1. The van der Waals surface area contributed by atoms with E-state index < -0.39 is 0 Å². The standard InChI is InChI=1S/C20H17N7OS2/c28-18(21-20-24-23-19(30-20)13-10-11-13)15-8-4-5-9-16(15)29-12-17-22-25-26-27(17)14-6-2-1-3-7-14/h1-9,13H,10-12H2,(H,21,24,28). The van der Waals surface area contributed by atoms with Crippen molar-refractivity contribution in [2.75, 3.05) is 5.32 Å². The number of para-hydroxylation sites is 1. The molecule has 2 aromatic carbocycles. The fraction of sp³-hybridized carbons (Fsp3) is 0.200. The van der Waals surface area contributed by atoms with Crippen LogP contribution in [0.3, 0.4) is 0 Å². The SMILES string of the molecule is O=C(Nc1nnc(C2CC2)s1)c1ccccc1SCc1nnnn1-c1ccccc1. The summed E-state index contributed by atoms with van der Waals surface area (Å²) >= 11 is 2.97. The predicted molar refractivity (Wildman–Crippen MR) is 115 cm³/mol. The van der Waals surface area contributed by atoms with Crippen LogP contribution < -0.4 is 5.32 Å². The summed E-state index contributed by atoms with van der Waals surface area (Å²) in [5.74, 6) is 1.56. The van der Waals surface area contributed by atoms with Gasteiger partial charge in [-0.25, -0.2) is 0 Å². The Bertz CT molecular complexity index is 1170. The quantitative estimate of drug-likeness (QED) is 0.439. The summed E-state index contributed by atoms with van der Waals surface area (Å²) in [5.41, 5.74) is 1.48. The van der Waals surface area contributed by atoms with Crippen LogP contribution in [0.5, 0.6) is 0 Å². The Morgan fingerprint density at radius 2 is 1.87 bits per heavy atom. The Balaban J connectivity index is 1.30. The van der Waals surface area contributed by atoms with Crippen molar-refractivity contribution in [3.63, 3.8) is 0 Å². The first-order valence-electron chi connectivity index (χ1n) is 9.47. The van der Waals surface area contributed by atoms with Gasteiger partial charge in [-0.2, -0.15) is 4.68 Å². The van der Waals surface area contributed by atoms with Crippen LogP contribution in [-0.2, 0) is 5.75 Å². The number of tetrazole rings is 1. The monoisotopic (exact) mass is 435 g/mol. The van der Waals surface area contributed by atoms with Gasteiger partial charge in [0.15, 0.2) is 5.82 Å². The maximum Gasteiger partial charge on any atom is 0.258 e. The number of thioether (sulfide) groups is 1. The summed E-state index contributed by atoms with van der Waals surface area (Å²) in [6.45, 7) is 0. The molecule has 0 aliphatic heterocycles. The minimum atomic E-state index is -0.195. The van der Waals surface area contributed by atoms with Crippen LogP contribution in [0.25, 0.3) is 5.69 Å². The number of carbonyl (C=O) groups excluding carboxylic acids is 1. The van der Waals surface area contributed by atoms with Crippen LogP contribution in [0.4, 0.5) is 5.13 Å². The third kappa shape index (κ3) is 4.10. The number of hydrogen-bond acceptors (Lipinski definition) is 8. The van der Waals surface area contributed by atoms with E-state index in [0.717, 1.165) is 28.4 Å². The van der Waals surface area contributed by atoms with E-state index in [4.69, 9.17) is 0 Å². The lowest BCUT2D eigenvalue weighted by molar-refractivity contribution is 0.102. The molecule has 5 rings (SSSR count). The highest BCUT2D eigenvalue weighted by molar-refractivity contribution is 7.98. The molecule has 2 aromatic heterocycles. The second-order valence-electron chi connectivity index (χ2n) is 6.80. The lowest BCUT2D eigenvalue weighted by atomic mass is 10.2. The zero-order valence-electron chi connectivity index (χ0n) is 15.8. The zero-order valence-corrected chi connectivity index (χ0v) is 17.4. The van der Waals surface area contributed by atoms with Crippen molar-refractivity contribution in [3.8, 4) is 5.69 Å². The number of aromatic nitrogens is 6. The largest absolute Gasteiger partial charge is 0.296 e. The Morgan fingerprint density at radius 1 is 1.07 bits per heavy atom. The van der Waals surface area contributed by atoms with E-state index in [9.17, 15) is 4.79 Å². The van der Waals surface area contributed by atoms with Gasteiger partial charge < -0.3 is 0 Å². The highest BCUT2D eigenvalue weighted by Crippen LogP contribution is 2.42. The number of amides is 1. The molecule has 8 nitrogen and oxygen atoms in total. The lowest BCUT2D eigenvalue weighted by Crippen LogP contribution is -2.13. The second kappa shape index (κ2) is 8.33. The summed E-state index contributed by atoms with van der Waals surface area (Å²) in [4.78, 5) is 13.7. The second-order valence-corrected chi connectivity index (χ2v) is 8.83. The number of anilines is 1. The van der Waals surface area contributed by atoms with Crippen molar-refractivity contribution in [1.82, 2.24) is 30.4 Å². The molecule has 1 aliphatic rings. The molecule has 4 aromatic rings. The number of benzene rings is 2. The minimum Gasteiger partial charge on any atom is -0.296 e. The van der Waals surface area contributed by atoms with Crippen molar-refractivity contribution in [1.29, 1.82) is 0 Å².